The van der Waals surface area contributed by atoms with Crippen molar-refractivity contribution in [1.82, 2.24) is 5.32 Å². The van der Waals surface area contributed by atoms with Crippen molar-refractivity contribution in [3.63, 3.8) is 0 Å². The highest BCUT2D eigenvalue weighted by Gasteiger charge is 2.29. The van der Waals surface area contributed by atoms with E-state index in [-0.39, 0.29) is 5.41 Å². The molecule has 0 spiro atoms. The van der Waals surface area contributed by atoms with Gasteiger partial charge in [0.25, 0.3) is 0 Å². The molecule has 0 saturated carbocycles. The average Bonchev–Trinajstić information content (AvgIpc) is 2.30. The minimum Gasteiger partial charge on any atom is -0.494 e. The Labute approximate surface area is 105 Å². The van der Waals surface area contributed by atoms with Gasteiger partial charge in [0, 0.05) is 12.0 Å². The zero-order valence-corrected chi connectivity index (χ0v) is 11.7. The summed E-state index contributed by atoms with van der Waals surface area (Å²) in [6.45, 7) is 10.6. The van der Waals surface area contributed by atoms with Gasteiger partial charge in [0.05, 0.1) is 6.61 Å². The molecule has 1 aromatic carbocycles. The molecule has 96 valence electrons. The fourth-order valence-electron chi connectivity index (χ4n) is 2.11. The first-order valence-corrected chi connectivity index (χ1v) is 6.42. The van der Waals surface area contributed by atoms with E-state index in [0.29, 0.717) is 5.92 Å². The summed E-state index contributed by atoms with van der Waals surface area (Å²) in [6, 6.07) is 8.49. The molecule has 2 nitrogen and oxygen atoms in total. The second-order valence-corrected chi connectivity index (χ2v) is 5.06. The molecule has 2 heteroatoms. The Morgan fingerprint density at radius 3 is 2.24 bits per heavy atom. The summed E-state index contributed by atoms with van der Waals surface area (Å²) in [5.41, 5.74) is 1.53. The van der Waals surface area contributed by atoms with E-state index in [9.17, 15) is 0 Å². The standard InChI is InChI=1S/C15H25NO/c1-6-17-14-9-7-13(8-10-14)15(4,11-16-5)12(2)3/h7-10,12,16H,6,11H2,1-5H3. The smallest absolute Gasteiger partial charge is 0.119 e. The largest absolute Gasteiger partial charge is 0.494 e. The maximum Gasteiger partial charge on any atom is 0.119 e. The minimum absolute atomic E-state index is 0.166. The number of nitrogens with one attached hydrogen (secondary N) is 1. The number of rotatable bonds is 6. The normalized spacial score (nSPS) is 14.7. The molecule has 0 fully saturated rings. The molecule has 0 heterocycles. The van der Waals surface area contributed by atoms with Gasteiger partial charge in [-0.3, -0.25) is 0 Å². The summed E-state index contributed by atoms with van der Waals surface area (Å²) >= 11 is 0. The molecule has 17 heavy (non-hydrogen) atoms. The molecule has 0 saturated heterocycles. The van der Waals surface area contributed by atoms with E-state index in [2.05, 4.69) is 50.4 Å². The van der Waals surface area contributed by atoms with Crippen molar-refractivity contribution in [2.45, 2.75) is 33.1 Å². The molecule has 0 aliphatic rings. The molecular formula is C15H25NO. The molecule has 1 N–H and O–H groups in total. The molecule has 1 rings (SSSR count). The van der Waals surface area contributed by atoms with Gasteiger partial charge in [0.15, 0.2) is 0 Å². The van der Waals surface area contributed by atoms with Crippen LogP contribution in [-0.2, 0) is 5.41 Å². The van der Waals surface area contributed by atoms with Gasteiger partial charge in [-0.2, -0.15) is 0 Å². The minimum atomic E-state index is 0.166. The molecule has 1 unspecified atom stereocenters. The number of hydrogen-bond donors (Lipinski definition) is 1. The lowest BCUT2D eigenvalue weighted by Gasteiger charge is -2.34. The molecule has 0 aliphatic heterocycles. The fraction of sp³-hybridized carbons (Fsp3) is 0.600. The highest BCUT2D eigenvalue weighted by atomic mass is 16.5. The van der Waals surface area contributed by atoms with Crippen LogP contribution in [0.1, 0.15) is 33.3 Å². The van der Waals surface area contributed by atoms with E-state index < -0.39 is 0 Å². The first kappa shape index (κ1) is 14.0. The van der Waals surface area contributed by atoms with Crippen LogP contribution in [0.4, 0.5) is 0 Å². The van der Waals surface area contributed by atoms with Gasteiger partial charge in [-0.1, -0.05) is 32.9 Å². The lowest BCUT2D eigenvalue weighted by atomic mass is 9.73. The number of ether oxygens (including phenoxy) is 1. The molecular weight excluding hydrogens is 210 g/mol. The van der Waals surface area contributed by atoms with Crippen LogP contribution in [0.5, 0.6) is 5.75 Å². The molecule has 1 atom stereocenters. The van der Waals surface area contributed by atoms with E-state index in [0.717, 1.165) is 18.9 Å². The van der Waals surface area contributed by atoms with Crippen molar-refractivity contribution in [2.24, 2.45) is 5.92 Å². The van der Waals surface area contributed by atoms with Crippen LogP contribution in [0.2, 0.25) is 0 Å². The average molecular weight is 235 g/mol. The Kier molecular flexibility index (Phi) is 5.01. The van der Waals surface area contributed by atoms with Crippen LogP contribution >= 0.6 is 0 Å². The van der Waals surface area contributed by atoms with Crippen LogP contribution in [0.3, 0.4) is 0 Å². The first-order chi connectivity index (χ1) is 8.04. The van der Waals surface area contributed by atoms with Gasteiger partial charge >= 0.3 is 0 Å². The summed E-state index contributed by atoms with van der Waals surface area (Å²) in [4.78, 5) is 0. The summed E-state index contributed by atoms with van der Waals surface area (Å²) in [7, 11) is 2.01. The third kappa shape index (κ3) is 3.22. The van der Waals surface area contributed by atoms with Crippen molar-refractivity contribution in [2.75, 3.05) is 20.2 Å². The highest BCUT2D eigenvalue weighted by molar-refractivity contribution is 5.32. The van der Waals surface area contributed by atoms with Crippen LogP contribution in [0.25, 0.3) is 0 Å². The van der Waals surface area contributed by atoms with E-state index in [4.69, 9.17) is 4.74 Å². The summed E-state index contributed by atoms with van der Waals surface area (Å²) < 4.78 is 5.48. The van der Waals surface area contributed by atoms with Gasteiger partial charge in [-0.05, 0) is 37.6 Å². The van der Waals surface area contributed by atoms with Crippen molar-refractivity contribution in [3.8, 4) is 5.75 Å². The third-order valence-corrected chi connectivity index (χ3v) is 3.64. The Morgan fingerprint density at radius 1 is 1.24 bits per heavy atom. The lowest BCUT2D eigenvalue weighted by molar-refractivity contribution is 0.324. The van der Waals surface area contributed by atoms with Crippen LogP contribution in [0.15, 0.2) is 24.3 Å². The SMILES string of the molecule is CCOc1ccc(C(C)(CNC)C(C)C)cc1. The van der Waals surface area contributed by atoms with Gasteiger partial charge < -0.3 is 10.1 Å². The summed E-state index contributed by atoms with van der Waals surface area (Å²) in [5, 5.41) is 3.30. The van der Waals surface area contributed by atoms with Gasteiger partial charge in [0.1, 0.15) is 5.75 Å². The second-order valence-electron chi connectivity index (χ2n) is 5.06. The second kappa shape index (κ2) is 6.06. The maximum atomic E-state index is 5.48. The van der Waals surface area contributed by atoms with Crippen molar-refractivity contribution in [1.29, 1.82) is 0 Å². The number of likely N-dealkylation sites (N-methyl/N-ethyl adjacent to an activating group) is 1. The van der Waals surface area contributed by atoms with Crippen molar-refractivity contribution in [3.05, 3.63) is 29.8 Å². The van der Waals surface area contributed by atoms with Gasteiger partial charge in [-0.25, -0.2) is 0 Å². The van der Waals surface area contributed by atoms with Gasteiger partial charge in [-0.15, -0.1) is 0 Å². The molecule has 0 amide bonds. The van der Waals surface area contributed by atoms with Gasteiger partial charge in [0.2, 0.25) is 0 Å². The zero-order chi connectivity index (χ0) is 12.9. The molecule has 0 radical (unpaired) electrons. The Hall–Kier alpha value is -1.02. The molecule has 0 aliphatic carbocycles. The van der Waals surface area contributed by atoms with E-state index in [1.807, 2.05) is 14.0 Å². The predicted molar refractivity (Wildman–Crippen MR) is 73.7 cm³/mol. The fourth-order valence-corrected chi connectivity index (χ4v) is 2.11. The van der Waals surface area contributed by atoms with Crippen LogP contribution in [0, 0.1) is 5.92 Å². The van der Waals surface area contributed by atoms with Crippen molar-refractivity contribution >= 4 is 0 Å². The summed E-state index contributed by atoms with van der Waals surface area (Å²) in [6.07, 6.45) is 0. The van der Waals surface area contributed by atoms with E-state index in [1.54, 1.807) is 0 Å². The Balaban J connectivity index is 2.95. The summed E-state index contributed by atoms with van der Waals surface area (Å²) in [5.74, 6) is 1.54. The van der Waals surface area contributed by atoms with Crippen molar-refractivity contribution < 1.29 is 4.74 Å². The predicted octanol–water partition coefficient (Wildman–Crippen LogP) is 3.22. The Bertz CT molecular complexity index is 331. The quantitative estimate of drug-likeness (QED) is 0.817. The van der Waals surface area contributed by atoms with E-state index in [1.165, 1.54) is 5.56 Å². The number of benzene rings is 1. The molecule has 0 aromatic heterocycles. The van der Waals surface area contributed by atoms with Crippen LogP contribution in [-0.4, -0.2) is 20.2 Å². The first-order valence-electron chi connectivity index (χ1n) is 6.42. The van der Waals surface area contributed by atoms with Crippen LogP contribution < -0.4 is 10.1 Å². The Morgan fingerprint density at radius 2 is 1.82 bits per heavy atom. The molecule has 0 bridgehead atoms. The maximum absolute atomic E-state index is 5.48. The third-order valence-electron chi connectivity index (χ3n) is 3.64. The number of hydrogen-bond acceptors (Lipinski definition) is 2. The van der Waals surface area contributed by atoms with E-state index >= 15 is 0 Å². The molecule has 1 aromatic rings. The highest BCUT2D eigenvalue weighted by Crippen LogP contribution is 2.32. The monoisotopic (exact) mass is 235 g/mol. The zero-order valence-electron chi connectivity index (χ0n) is 11.7. The topological polar surface area (TPSA) is 21.3 Å². The lowest BCUT2D eigenvalue weighted by Crippen LogP contribution is -2.38.